The molecule has 0 radical (unpaired) electrons. The zero-order chi connectivity index (χ0) is 21.1. The lowest BCUT2D eigenvalue weighted by Crippen LogP contribution is -2.20. The van der Waals surface area contributed by atoms with Crippen LogP contribution in [0.2, 0.25) is 0 Å². The molecule has 0 aliphatic heterocycles. The molecule has 1 N–H and O–H groups in total. The molecule has 0 bridgehead atoms. The van der Waals surface area contributed by atoms with Gasteiger partial charge >= 0.3 is 5.97 Å². The summed E-state index contributed by atoms with van der Waals surface area (Å²) < 4.78 is 6.99. The van der Waals surface area contributed by atoms with Gasteiger partial charge in [0.2, 0.25) is 0 Å². The molecule has 0 unspecified atom stereocenters. The molecule has 5 nitrogen and oxygen atoms in total. The minimum atomic E-state index is -0.548. The van der Waals surface area contributed by atoms with Gasteiger partial charge in [-0.3, -0.25) is 4.79 Å². The number of hydrogen-bond donors (Lipinski definition) is 1. The third kappa shape index (κ3) is 4.75. The standard InChI is InChI=1S/C23H17BrN2O3S/c1-14-5-10-19-20(11-14)30-22(26-19)15-6-8-18(9-7-15)25-21(27)13-29-23(28)16-3-2-4-17(24)12-16/h2-12H,13H2,1H3,(H,25,27). The average Bonchev–Trinajstić information content (AvgIpc) is 3.15. The van der Waals surface area contributed by atoms with Crippen molar-refractivity contribution in [3.63, 3.8) is 0 Å². The number of rotatable bonds is 5. The van der Waals surface area contributed by atoms with Crippen LogP contribution in [0.25, 0.3) is 20.8 Å². The fourth-order valence-corrected chi connectivity index (χ4v) is 4.35. The summed E-state index contributed by atoms with van der Waals surface area (Å²) in [6.07, 6.45) is 0. The van der Waals surface area contributed by atoms with E-state index in [1.165, 1.54) is 5.56 Å². The second-order valence-electron chi connectivity index (χ2n) is 6.70. The van der Waals surface area contributed by atoms with E-state index in [0.717, 1.165) is 25.3 Å². The van der Waals surface area contributed by atoms with Crippen LogP contribution in [0.3, 0.4) is 0 Å². The molecule has 0 saturated carbocycles. The van der Waals surface area contributed by atoms with E-state index in [-0.39, 0.29) is 6.61 Å². The van der Waals surface area contributed by atoms with E-state index < -0.39 is 11.9 Å². The molecular weight excluding hydrogens is 464 g/mol. The number of carbonyl (C=O) groups excluding carboxylic acids is 2. The number of hydrogen-bond acceptors (Lipinski definition) is 5. The van der Waals surface area contributed by atoms with Crippen LogP contribution in [0.15, 0.2) is 71.2 Å². The van der Waals surface area contributed by atoms with Gasteiger partial charge in [-0.2, -0.15) is 0 Å². The van der Waals surface area contributed by atoms with E-state index in [0.29, 0.717) is 11.3 Å². The molecule has 4 rings (SSSR count). The van der Waals surface area contributed by atoms with Gasteiger partial charge in [-0.15, -0.1) is 11.3 Å². The number of amides is 1. The second kappa shape index (κ2) is 8.77. The van der Waals surface area contributed by atoms with Crippen molar-refractivity contribution in [2.24, 2.45) is 0 Å². The first kappa shape index (κ1) is 20.3. The zero-order valence-electron chi connectivity index (χ0n) is 16.0. The quantitative estimate of drug-likeness (QED) is 0.364. The summed E-state index contributed by atoms with van der Waals surface area (Å²) in [5.41, 5.74) is 4.17. The van der Waals surface area contributed by atoms with Crippen LogP contribution >= 0.6 is 27.3 Å². The molecule has 0 saturated heterocycles. The summed E-state index contributed by atoms with van der Waals surface area (Å²) in [5.74, 6) is -0.950. The highest BCUT2D eigenvalue weighted by Gasteiger charge is 2.11. The molecule has 1 amide bonds. The molecule has 4 aromatic rings. The second-order valence-corrected chi connectivity index (χ2v) is 8.65. The maximum atomic E-state index is 12.1. The van der Waals surface area contributed by atoms with Gasteiger partial charge < -0.3 is 10.1 Å². The van der Waals surface area contributed by atoms with E-state index in [2.05, 4.69) is 39.2 Å². The summed E-state index contributed by atoms with van der Waals surface area (Å²) in [6, 6.07) is 20.4. The van der Waals surface area contributed by atoms with Gasteiger partial charge in [0, 0.05) is 15.7 Å². The number of anilines is 1. The third-order valence-corrected chi connectivity index (χ3v) is 5.91. The predicted octanol–water partition coefficient (Wildman–Crippen LogP) is 5.83. The van der Waals surface area contributed by atoms with Crippen molar-refractivity contribution < 1.29 is 14.3 Å². The van der Waals surface area contributed by atoms with Crippen molar-refractivity contribution in [2.75, 3.05) is 11.9 Å². The predicted molar refractivity (Wildman–Crippen MR) is 123 cm³/mol. The Morgan fingerprint density at radius 1 is 1.07 bits per heavy atom. The highest BCUT2D eigenvalue weighted by molar-refractivity contribution is 9.10. The Labute approximate surface area is 185 Å². The van der Waals surface area contributed by atoms with E-state index in [9.17, 15) is 9.59 Å². The van der Waals surface area contributed by atoms with E-state index in [4.69, 9.17) is 4.74 Å². The molecule has 3 aromatic carbocycles. The van der Waals surface area contributed by atoms with Crippen molar-refractivity contribution in [1.82, 2.24) is 4.98 Å². The molecule has 0 aliphatic rings. The van der Waals surface area contributed by atoms with Crippen molar-refractivity contribution in [3.8, 4) is 10.6 Å². The van der Waals surface area contributed by atoms with E-state index in [1.807, 2.05) is 30.3 Å². The molecule has 0 spiro atoms. The van der Waals surface area contributed by atoms with Gasteiger partial charge in [-0.1, -0.05) is 28.1 Å². The van der Waals surface area contributed by atoms with Crippen molar-refractivity contribution in [2.45, 2.75) is 6.92 Å². The lowest BCUT2D eigenvalue weighted by atomic mass is 10.2. The summed E-state index contributed by atoms with van der Waals surface area (Å²) in [7, 11) is 0. The molecule has 0 atom stereocenters. The number of esters is 1. The molecule has 30 heavy (non-hydrogen) atoms. The van der Waals surface area contributed by atoms with Crippen molar-refractivity contribution in [1.29, 1.82) is 0 Å². The van der Waals surface area contributed by atoms with Gasteiger partial charge in [0.1, 0.15) is 5.01 Å². The highest BCUT2D eigenvalue weighted by Crippen LogP contribution is 2.31. The smallest absolute Gasteiger partial charge is 0.338 e. The fourth-order valence-electron chi connectivity index (χ4n) is 2.88. The van der Waals surface area contributed by atoms with Gasteiger partial charge in [0.05, 0.1) is 15.8 Å². The number of fused-ring (bicyclic) bond motifs is 1. The zero-order valence-corrected chi connectivity index (χ0v) is 18.4. The summed E-state index contributed by atoms with van der Waals surface area (Å²) >= 11 is 4.93. The lowest BCUT2D eigenvalue weighted by molar-refractivity contribution is -0.119. The van der Waals surface area contributed by atoms with Crippen molar-refractivity contribution >= 4 is 55.0 Å². The summed E-state index contributed by atoms with van der Waals surface area (Å²) in [5, 5.41) is 3.66. The minimum absolute atomic E-state index is 0.357. The number of nitrogens with one attached hydrogen (secondary N) is 1. The maximum absolute atomic E-state index is 12.1. The first-order valence-electron chi connectivity index (χ1n) is 9.18. The van der Waals surface area contributed by atoms with Crippen LogP contribution in [-0.2, 0) is 9.53 Å². The Bertz CT molecular complexity index is 1230. The average molecular weight is 481 g/mol. The third-order valence-electron chi connectivity index (χ3n) is 4.35. The van der Waals surface area contributed by atoms with Gasteiger partial charge in [-0.25, -0.2) is 9.78 Å². The molecule has 150 valence electrons. The Kier molecular flexibility index (Phi) is 5.92. The number of halogens is 1. The normalized spacial score (nSPS) is 10.7. The minimum Gasteiger partial charge on any atom is -0.452 e. The Morgan fingerprint density at radius 2 is 1.87 bits per heavy atom. The van der Waals surface area contributed by atoms with Crippen LogP contribution in [0, 0.1) is 6.92 Å². The lowest BCUT2D eigenvalue weighted by Gasteiger charge is -2.07. The molecule has 7 heteroatoms. The molecule has 1 heterocycles. The molecule has 1 aromatic heterocycles. The van der Waals surface area contributed by atoms with Crippen LogP contribution in [0.1, 0.15) is 15.9 Å². The number of ether oxygens (including phenoxy) is 1. The number of thiazole rings is 1. The number of aryl methyl sites for hydroxylation is 1. The summed E-state index contributed by atoms with van der Waals surface area (Å²) in [4.78, 5) is 28.8. The van der Waals surface area contributed by atoms with Crippen LogP contribution in [0.5, 0.6) is 0 Å². The topological polar surface area (TPSA) is 68.3 Å². The number of benzene rings is 3. The molecule has 0 fully saturated rings. The Balaban J connectivity index is 1.36. The van der Waals surface area contributed by atoms with Gasteiger partial charge in [-0.05, 0) is 67.1 Å². The highest BCUT2D eigenvalue weighted by atomic mass is 79.9. The van der Waals surface area contributed by atoms with Gasteiger partial charge in [0.25, 0.3) is 5.91 Å². The molecular formula is C23H17BrN2O3S. The van der Waals surface area contributed by atoms with Crippen LogP contribution in [-0.4, -0.2) is 23.5 Å². The van der Waals surface area contributed by atoms with Crippen LogP contribution in [0.4, 0.5) is 5.69 Å². The molecule has 0 aliphatic carbocycles. The number of aromatic nitrogens is 1. The first-order valence-corrected chi connectivity index (χ1v) is 10.8. The van der Waals surface area contributed by atoms with Crippen LogP contribution < -0.4 is 5.32 Å². The van der Waals surface area contributed by atoms with Gasteiger partial charge in [0.15, 0.2) is 6.61 Å². The van der Waals surface area contributed by atoms with E-state index >= 15 is 0 Å². The Morgan fingerprint density at radius 3 is 2.63 bits per heavy atom. The van der Waals surface area contributed by atoms with E-state index in [1.54, 1.807) is 41.7 Å². The number of nitrogens with zero attached hydrogens (tertiary/aromatic N) is 1. The largest absolute Gasteiger partial charge is 0.452 e. The fraction of sp³-hybridized carbons (Fsp3) is 0.0870. The maximum Gasteiger partial charge on any atom is 0.338 e. The Hall–Kier alpha value is -3.03. The summed E-state index contributed by atoms with van der Waals surface area (Å²) in [6.45, 7) is 1.71. The SMILES string of the molecule is Cc1ccc2nc(-c3ccc(NC(=O)COC(=O)c4cccc(Br)c4)cc3)sc2c1. The van der Waals surface area contributed by atoms with Crippen molar-refractivity contribution in [3.05, 3.63) is 82.3 Å². The monoisotopic (exact) mass is 480 g/mol. The first-order chi connectivity index (χ1) is 14.5. The number of carbonyl (C=O) groups is 2.